The summed E-state index contributed by atoms with van der Waals surface area (Å²) in [6.07, 6.45) is -3.50. The zero-order valence-electron chi connectivity index (χ0n) is 13.2. The average Bonchev–Trinajstić information content (AvgIpc) is 2.83. The van der Waals surface area contributed by atoms with Gasteiger partial charge in [-0.1, -0.05) is 30.3 Å². The predicted molar refractivity (Wildman–Crippen MR) is 84.0 cm³/mol. The van der Waals surface area contributed by atoms with E-state index in [4.69, 9.17) is 4.74 Å². The molecular formula is C17H14F4O4S. The second kappa shape index (κ2) is 6.55. The molecule has 2 aromatic rings. The van der Waals surface area contributed by atoms with Gasteiger partial charge in [-0.2, -0.15) is 8.78 Å². The molecule has 1 aliphatic rings. The number of fused-ring (bicyclic) bond motifs is 1. The van der Waals surface area contributed by atoms with Crippen LogP contribution in [0.3, 0.4) is 0 Å². The van der Waals surface area contributed by atoms with E-state index in [0.29, 0.717) is 0 Å². The van der Waals surface area contributed by atoms with Crippen molar-refractivity contribution in [3.63, 3.8) is 0 Å². The van der Waals surface area contributed by atoms with Gasteiger partial charge in [-0.25, -0.2) is 17.2 Å². The molecule has 26 heavy (non-hydrogen) atoms. The van der Waals surface area contributed by atoms with E-state index in [2.05, 4.69) is 0 Å². The van der Waals surface area contributed by atoms with Crippen LogP contribution in [0.4, 0.5) is 17.6 Å². The van der Waals surface area contributed by atoms with Crippen molar-refractivity contribution in [1.29, 1.82) is 0 Å². The minimum Gasteiger partial charge on any atom is -0.489 e. The molecule has 1 N–H and O–H groups in total. The standard InChI is InChI=1S/C17H14F4O4S/c18-16(19)26(23,24)13-7-6-12(25-9-10-4-2-1-3-5-10)11-8-17(20,21)15(22)14(11)13/h1-7,15-16,22H,8-9H2/t15-/m0/s1. The summed E-state index contributed by atoms with van der Waals surface area (Å²) in [5.41, 5.74) is -0.267. The molecule has 0 spiro atoms. The highest BCUT2D eigenvalue weighted by molar-refractivity contribution is 7.91. The molecular weight excluding hydrogens is 376 g/mol. The first-order chi connectivity index (χ1) is 12.1. The third kappa shape index (κ3) is 3.16. The van der Waals surface area contributed by atoms with E-state index in [9.17, 15) is 31.1 Å². The smallest absolute Gasteiger partial charge is 0.341 e. The molecule has 9 heteroatoms. The van der Waals surface area contributed by atoms with Crippen LogP contribution < -0.4 is 4.74 Å². The first-order valence-electron chi connectivity index (χ1n) is 7.55. The zero-order chi connectivity index (χ0) is 19.1. The highest BCUT2D eigenvalue weighted by atomic mass is 32.2. The lowest BCUT2D eigenvalue weighted by Gasteiger charge is -2.16. The van der Waals surface area contributed by atoms with Crippen molar-refractivity contribution < 1.29 is 35.8 Å². The van der Waals surface area contributed by atoms with E-state index in [0.717, 1.165) is 17.7 Å². The van der Waals surface area contributed by atoms with Crippen molar-refractivity contribution in [2.24, 2.45) is 0 Å². The Kier molecular flexibility index (Phi) is 4.70. The highest BCUT2D eigenvalue weighted by Crippen LogP contribution is 2.49. The lowest BCUT2D eigenvalue weighted by molar-refractivity contribution is -0.0976. The number of aliphatic hydroxyl groups is 1. The van der Waals surface area contributed by atoms with E-state index in [1.807, 2.05) is 0 Å². The minimum atomic E-state index is -5.15. The molecule has 4 nitrogen and oxygen atoms in total. The number of rotatable bonds is 5. The molecule has 3 rings (SSSR count). The zero-order valence-corrected chi connectivity index (χ0v) is 14.0. The van der Waals surface area contributed by atoms with Crippen molar-refractivity contribution in [3.05, 3.63) is 59.2 Å². The summed E-state index contributed by atoms with van der Waals surface area (Å²) in [5, 5.41) is 9.83. The molecule has 0 saturated carbocycles. The van der Waals surface area contributed by atoms with Gasteiger partial charge in [0.25, 0.3) is 5.92 Å². The Hall–Kier alpha value is -2.13. The third-order valence-electron chi connectivity index (χ3n) is 4.14. The molecule has 0 heterocycles. The van der Waals surface area contributed by atoms with Crippen LogP contribution in [-0.2, 0) is 22.9 Å². The number of sulfone groups is 1. The Morgan fingerprint density at radius 1 is 1.15 bits per heavy atom. The van der Waals surface area contributed by atoms with Crippen molar-refractivity contribution in [3.8, 4) is 5.75 Å². The molecule has 0 bridgehead atoms. The average molecular weight is 390 g/mol. The van der Waals surface area contributed by atoms with E-state index >= 15 is 0 Å². The van der Waals surface area contributed by atoms with Crippen molar-refractivity contribution >= 4 is 9.84 Å². The molecule has 0 fully saturated rings. The van der Waals surface area contributed by atoms with Gasteiger partial charge in [-0.3, -0.25) is 0 Å². The number of halogens is 4. The predicted octanol–water partition coefficient (Wildman–Crippen LogP) is 3.49. The number of hydrogen-bond donors (Lipinski definition) is 1. The van der Waals surface area contributed by atoms with Crippen LogP contribution in [0.15, 0.2) is 47.4 Å². The molecule has 0 aromatic heterocycles. The number of ether oxygens (including phenoxy) is 1. The molecule has 0 unspecified atom stereocenters. The summed E-state index contributed by atoms with van der Waals surface area (Å²) < 4.78 is 82.7. The molecule has 1 aliphatic carbocycles. The van der Waals surface area contributed by atoms with Crippen LogP contribution in [0.1, 0.15) is 22.8 Å². The van der Waals surface area contributed by atoms with Gasteiger partial charge in [-0.05, 0) is 17.7 Å². The summed E-state index contributed by atoms with van der Waals surface area (Å²) in [5.74, 6) is -7.54. The second-order valence-electron chi connectivity index (χ2n) is 5.87. The van der Waals surface area contributed by atoms with Gasteiger partial charge in [0.05, 0.1) is 4.90 Å². The largest absolute Gasteiger partial charge is 0.489 e. The fourth-order valence-electron chi connectivity index (χ4n) is 2.86. The van der Waals surface area contributed by atoms with Crippen LogP contribution in [-0.4, -0.2) is 25.2 Å². The second-order valence-corrected chi connectivity index (χ2v) is 7.76. The monoisotopic (exact) mass is 390 g/mol. The van der Waals surface area contributed by atoms with Crippen LogP contribution in [0.5, 0.6) is 5.75 Å². The maximum absolute atomic E-state index is 14.0. The Morgan fingerprint density at radius 3 is 2.42 bits per heavy atom. The van der Waals surface area contributed by atoms with Gasteiger partial charge in [-0.15, -0.1) is 0 Å². The number of benzene rings is 2. The Morgan fingerprint density at radius 2 is 1.81 bits per heavy atom. The van der Waals surface area contributed by atoms with Crippen LogP contribution in [0, 0.1) is 0 Å². The topological polar surface area (TPSA) is 63.6 Å². The van der Waals surface area contributed by atoms with Crippen LogP contribution >= 0.6 is 0 Å². The number of hydrogen-bond acceptors (Lipinski definition) is 4. The van der Waals surface area contributed by atoms with E-state index in [-0.39, 0.29) is 17.9 Å². The quantitative estimate of drug-likeness (QED) is 0.794. The summed E-state index contributed by atoms with van der Waals surface area (Å²) >= 11 is 0. The van der Waals surface area contributed by atoms with Crippen LogP contribution in [0.2, 0.25) is 0 Å². The first kappa shape index (κ1) is 18.7. The summed E-state index contributed by atoms with van der Waals surface area (Å²) in [4.78, 5) is -1.00. The van der Waals surface area contributed by atoms with Crippen LogP contribution in [0.25, 0.3) is 0 Å². The lowest BCUT2D eigenvalue weighted by Crippen LogP contribution is -2.23. The van der Waals surface area contributed by atoms with E-state index in [1.54, 1.807) is 30.3 Å². The number of alkyl halides is 4. The fourth-order valence-corrected chi connectivity index (χ4v) is 3.85. The molecule has 1 atom stereocenters. The van der Waals surface area contributed by atoms with Gasteiger partial charge in [0.1, 0.15) is 18.5 Å². The maximum Gasteiger partial charge on any atom is 0.341 e. The van der Waals surface area contributed by atoms with Gasteiger partial charge >= 0.3 is 5.76 Å². The van der Waals surface area contributed by atoms with Gasteiger partial charge in [0.2, 0.25) is 9.84 Å². The Balaban J connectivity index is 2.05. The van der Waals surface area contributed by atoms with Gasteiger partial charge in [0, 0.05) is 17.5 Å². The Labute approximate surface area is 147 Å². The molecule has 0 radical (unpaired) electrons. The normalized spacial score (nSPS) is 18.8. The van der Waals surface area contributed by atoms with Gasteiger partial charge in [0.15, 0.2) is 0 Å². The molecule has 2 aromatic carbocycles. The molecule has 140 valence electrons. The third-order valence-corrected chi connectivity index (χ3v) is 5.58. The molecule has 0 aliphatic heterocycles. The van der Waals surface area contributed by atoms with E-state index < -0.39 is 44.5 Å². The molecule has 0 amide bonds. The fraction of sp³-hybridized carbons (Fsp3) is 0.294. The number of aliphatic hydroxyl groups excluding tert-OH is 1. The summed E-state index contributed by atoms with van der Waals surface area (Å²) in [6.45, 7) is 0.00981. The van der Waals surface area contributed by atoms with Gasteiger partial charge < -0.3 is 9.84 Å². The van der Waals surface area contributed by atoms with Crippen molar-refractivity contribution in [2.75, 3.05) is 0 Å². The molecule has 0 saturated heterocycles. The van der Waals surface area contributed by atoms with E-state index in [1.165, 1.54) is 0 Å². The highest BCUT2D eigenvalue weighted by Gasteiger charge is 2.51. The minimum absolute atomic E-state index is 0.00981. The Bertz CT molecular complexity index is 914. The van der Waals surface area contributed by atoms with Crippen molar-refractivity contribution in [2.45, 2.75) is 35.7 Å². The maximum atomic E-state index is 14.0. The first-order valence-corrected chi connectivity index (χ1v) is 9.09. The summed E-state index contributed by atoms with van der Waals surface area (Å²) in [7, 11) is -5.15. The lowest BCUT2D eigenvalue weighted by atomic mass is 10.1. The van der Waals surface area contributed by atoms with Crippen molar-refractivity contribution in [1.82, 2.24) is 0 Å². The SMILES string of the molecule is O=S(=O)(c1ccc(OCc2ccccc2)c2c1[C@H](O)C(F)(F)C2)C(F)F. The summed E-state index contributed by atoms with van der Waals surface area (Å²) in [6, 6.07) is 10.6.